The van der Waals surface area contributed by atoms with Crippen LogP contribution in [-0.2, 0) is 0 Å². The number of nitrogen functional groups attached to an aromatic ring is 1. The minimum atomic E-state index is 0.552. The van der Waals surface area contributed by atoms with E-state index in [1.165, 1.54) is 18.5 Å². The SMILES string of the molecule is Cc1[nH]c(N)nc1C1CCN(C)CC1. The Morgan fingerprint density at radius 3 is 2.57 bits per heavy atom. The van der Waals surface area contributed by atoms with E-state index in [1.54, 1.807) is 0 Å². The summed E-state index contributed by atoms with van der Waals surface area (Å²) in [6.07, 6.45) is 2.39. The number of hydrogen-bond donors (Lipinski definition) is 2. The summed E-state index contributed by atoms with van der Waals surface area (Å²) in [5.41, 5.74) is 7.95. The van der Waals surface area contributed by atoms with Gasteiger partial charge in [-0.1, -0.05) is 0 Å². The molecule has 0 unspecified atom stereocenters. The molecule has 0 spiro atoms. The van der Waals surface area contributed by atoms with Gasteiger partial charge in [0.15, 0.2) is 5.95 Å². The van der Waals surface area contributed by atoms with E-state index in [0.29, 0.717) is 11.9 Å². The number of H-pyrrole nitrogens is 1. The van der Waals surface area contributed by atoms with Gasteiger partial charge in [0.2, 0.25) is 0 Å². The molecule has 4 nitrogen and oxygen atoms in total. The number of piperidine rings is 1. The van der Waals surface area contributed by atoms with Crippen LogP contribution in [0.4, 0.5) is 5.95 Å². The van der Waals surface area contributed by atoms with E-state index in [4.69, 9.17) is 5.73 Å². The maximum Gasteiger partial charge on any atom is 0.197 e. The van der Waals surface area contributed by atoms with Gasteiger partial charge in [0.05, 0.1) is 5.69 Å². The molecule has 2 heterocycles. The Morgan fingerprint density at radius 2 is 2.07 bits per heavy atom. The maximum atomic E-state index is 5.64. The monoisotopic (exact) mass is 194 g/mol. The van der Waals surface area contributed by atoms with Crippen molar-refractivity contribution in [2.45, 2.75) is 25.7 Å². The predicted molar refractivity (Wildman–Crippen MR) is 57.2 cm³/mol. The third kappa shape index (κ3) is 1.75. The molecule has 1 aliphatic heterocycles. The number of aromatic nitrogens is 2. The second-order valence-electron chi connectivity index (χ2n) is 4.21. The largest absolute Gasteiger partial charge is 0.369 e. The number of hydrogen-bond acceptors (Lipinski definition) is 3. The van der Waals surface area contributed by atoms with Crippen molar-refractivity contribution in [3.63, 3.8) is 0 Å². The molecule has 0 atom stereocenters. The number of nitrogens with zero attached hydrogens (tertiary/aromatic N) is 2. The molecular formula is C10H18N4. The van der Waals surface area contributed by atoms with Gasteiger partial charge in [-0.15, -0.1) is 0 Å². The highest BCUT2D eigenvalue weighted by Gasteiger charge is 2.22. The van der Waals surface area contributed by atoms with Crippen LogP contribution in [0.25, 0.3) is 0 Å². The van der Waals surface area contributed by atoms with Crippen molar-refractivity contribution < 1.29 is 0 Å². The third-order valence-electron chi connectivity index (χ3n) is 3.05. The number of likely N-dealkylation sites (tertiary alicyclic amines) is 1. The number of imidazole rings is 1. The van der Waals surface area contributed by atoms with Crippen LogP contribution in [0.5, 0.6) is 0 Å². The summed E-state index contributed by atoms with van der Waals surface area (Å²) < 4.78 is 0. The summed E-state index contributed by atoms with van der Waals surface area (Å²) in [6, 6.07) is 0. The molecule has 3 N–H and O–H groups in total. The molecule has 78 valence electrons. The summed E-state index contributed by atoms with van der Waals surface area (Å²) >= 11 is 0. The first-order valence-corrected chi connectivity index (χ1v) is 5.17. The molecule has 1 aromatic rings. The second kappa shape index (κ2) is 3.61. The molecule has 14 heavy (non-hydrogen) atoms. The molecule has 4 heteroatoms. The molecule has 0 amide bonds. The minimum absolute atomic E-state index is 0.552. The van der Waals surface area contributed by atoms with Crippen molar-refractivity contribution in [1.82, 2.24) is 14.9 Å². The lowest BCUT2D eigenvalue weighted by Gasteiger charge is -2.28. The van der Waals surface area contributed by atoms with E-state index in [9.17, 15) is 0 Å². The van der Waals surface area contributed by atoms with Gasteiger partial charge in [-0.2, -0.15) is 0 Å². The van der Waals surface area contributed by atoms with Gasteiger partial charge >= 0.3 is 0 Å². The molecule has 1 saturated heterocycles. The van der Waals surface area contributed by atoms with E-state index >= 15 is 0 Å². The van der Waals surface area contributed by atoms with Crippen LogP contribution in [0.15, 0.2) is 0 Å². The van der Waals surface area contributed by atoms with Gasteiger partial charge in [0, 0.05) is 11.6 Å². The van der Waals surface area contributed by atoms with Crippen molar-refractivity contribution in [1.29, 1.82) is 0 Å². The fourth-order valence-corrected chi connectivity index (χ4v) is 2.18. The van der Waals surface area contributed by atoms with Crippen molar-refractivity contribution in [3.8, 4) is 0 Å². The van der Waals surface area contributed by atoms with Crippen molar-refractivity contribution in [2.24, 2.45) is 0 Å². The van der Waals surface area contributed by atoms with Crippen molar-refractivity contribution in [3.05, 3.63) is 11.4 Å². The summed E-state index contributed by atoms with van der Waals surface area (Å²) in [6.45, 7) is 4.38. The number of aromatic amines is 1. The normalized spacial score (nSPS) is 20.1. The zero-order chi connectivity index (χ0) is 10.1. The zero-order valence-electron chi connectivity index (χ0n) is 8.88. The standard InChI is InChI=1S/C10H18N4/c1-7-9(13-10(11)12-7)8-3-5-14(2)6-4-8/h8H,3-6H2,1-2H3,(H3,11,12,13). The lowest BCUT2D eigenvalue weighted by molar-refractivity contribution is 0.253. The highest BCUT2D eigenvalue weighted by molar-refractivity contribution is 5.28. The summed E-state index contributed by atoms with van der Waals surface area (Å²) in [7, 11) is 2.17. The minimum Gasteiger partial charge on any atom is -0.369 e. The van der Waals surface area contributed by atoms with Crippen LogP contribution in [0.2, 0.25) is 0 Å². The lowest BCUT2D eigenvalue weighted by atomic mass is 9.93. The Kier molecular flexibility index (Phi) is 2.46. The lowest BCUT2D eigenvalue weighted by Crippen LogP contribution is -2.29. The Bertz CT molecular complexity index is 310. The first kappa shape index (κ1) is 9.52. The molecule has 0 bridgehead atoms. The summed E-state index contributed by atoms with van der Waals surface area (Å²) in [5, 5.41) is 0. The summed E-state index contributed by atoms with van der Waals surface area (Å²) in [5.74, 6) is 1.15. The summed E-state index contributed by atoms with van der Waals surface area (Å²) in [4.78, 5) is 9.79. The first-order chi connectivity index (χ1) is 6.66. The van der Waals surface area contributed by atoms with E-state index in [-0.39, 0.29) is 0 Å². The fraction of sp³-hybridized carbons (Fsp3) is 0.700. The predicted octanol–water partition coefficient (Wildman–Crippen LogP) is 1.11. The van der Waals surface area contributed by atoms with Crippen LogP contribution in [0.1, 0.15) is 30.1 Å². The maximum absolute atomic E-state index is 5.64. The van der Waals surface area contributed by atoms with Gasteiger partial charge in [-0.05, 0) is 39.9 Å². The fourth-order valence-electron chi connectivity index (χ4n) is 2.18. The van der Waals surface area contributed by atoms with Crippen LogP contribution in [0, 0.1) is 6.92 Å². The van der Waals surface area contributed by atoms with E-state index in [0.717, 1.165) is 18.8 Å². The molecule has 1 aromatic heterocycles. The quantitative estimate of drug-likeness (QED) is 0.704. The molecule has 0 radical (unpaired) electrons. The number of nitrogens with two attached hydrogens (primary N) is 1. The molecule has 0 aromatic carbocycles. The molecule has 1 aliphatic rings. The van der Waals surface area contributed by atoms with Gasteiger partial charge in [0.1, 0.15) is 0 Å². The average molecular weight is 194 g/mol. The molecule has 0 aliphatic carbocycles. The number of rotatable bonds is 1. The van der Waals surface area contributed by atoms with Crippen LogP contribution < -0.4 is 5.73 Å². The van der Waals surface area contributed by atoms with Crippen LogP contribution in [0.3, 0.4) is 0 Å². The molecular weight excluding hydrogens is 176 g/mol. The Labute approximate surface area is 84.5 Å². The molecule has 0 saturated carbocycles. The third-order valence-corrected chi connectivity index (χ3v) is 3.05. The van der Waals surface area contributed by atoms with Gasteiger partial charge in [-0.25, -0.2) is 4.98 Å². The van der Waals surface area contributed by atoms with Gasteiger partial charge in [-0.3, -0.25) is 0 Å². The van der Waals surface area contributed by atoms with E-state index in [2.05, 4.69) is 28.8 Å². The Hall–Kier alpha value is -1.03. The zero-order valence-corrected chi connectivity index (χ0v) is 8.88. The van der Waals surface area contributed by atoms with E-state index in [1.807, 2.05) is 0 Å². The van der Waals surface area contributed by atoms with Crippen LogP contribution >= 0.6 is 0 Å². The van der Waals surface area contributed by atoms with Crippen molar-refractivity contribution in [2.75, 3.05) is 25.9 Å². The van der Waals surface area contributed by atoms with Crippen LogP contribution in [-0.4, -0.2) is 35.0 Å². The highest BCUT2D eigenvalue weighted by atomic mass is 15.1. The highest BCUT2D eigenvalue weighted by Crippen LogP contribution is 2.28. The average Bonchev–Trinajstić information content (AvgIpc) is 2.47. The molecule has 2 rings (SSSR count). The van der Waals surface area contributed by atoms with Gasteiger partial charge < -0.3 is 15.6 Å². The second-order valence-corrected chi connectivity index (χ2v) is 4.21. The first-order valence-electron chi connectivity index (χ1n) is 5.17. The number of anilines is 1. The molecule has 1 fully saturated rings. The Balaban J connectivity index is 2.11. The van der Waals surface area contributed by atoms with Crippen molar-refractivity contribution >= 4 is 5.95 Å². The van der Waals surface area contributed by atoms with E-state index < -0.39 is 0 Å². The number of aryl methyl sites for hydroxylation is 1. The Morgan fingerprint density at radius 1 is 1.43 bits per heavy atom. The topological polar surface area (TPSA) is 57.9 Å². The number of nitrogens with one attached hydrogen (secondary N) is 1. The smallest absolute Gasteiger partial charge is 0.197 e. The van der Waals surface area contributed by atoms with Gasteiger partial charge in [0.25, 0.3) is 0 Å².